The van der Waals surface area contributed by atoms with E-state index in [9.17, 15) is 25.2 Å². The Bertz CT molecular complexity index is 1430. The summed E-state index contributed by atoms with van der Waals surface area (Å²) < 4.78 is 3.09. The number of carbonyl (C=O) groups excluding carboxylic acids is 1. The Morgan fingerprint density at radius 3 is 1.56 bits per heavy atom. The first-order chi connectivity index (χ1) is 18.7. The van der Waals surface area contributed by atoms with E-state index in [2.05, 4.69) is 31.0 Å². The minimum atomic E-state index is -0.487. The molecule has 4 rings (SSSR count). The molecule has 2 aromatic heterocycles. The molecule has 6 N–H and O–H groups in total. The number of phenols is 4. The molecule has 0 bridgehead atoms. The van der Waals surface area contributed by atoms with Gasteiger partial charge in [-0.05, 0) is 37.0 Å². The van der Waals surface area contributed by atoms with E-state index in [0.29, 0.717) is 19.0 Å². The van der Waals surface area contributed by atoms with Gasteiger partial charge in [-0.3, -0.25) is 0 Å². The molecule has 208 valence electrons. The lowest BCUT2D eigenvalue weighted by molar-refractivity contribution is 0.254. The van der Waals surface area contributed by atoms with Crippen molar-refractivity contribution in [3.8, 4) is 23.0 Å². The molecule has 2 heterocycles. The summed E-state index contributed by atoms with van der Waals surface area (Å²) in [5, 5.41) is 60.2. The summed E-state index contributed by atoms with van der Waals surface area (Å²) in [6.45, 7) is 0. The highest BCUT2D eigenvalue weighted by atomic mass is 32.2. The zero-order chi connectivity index (χ0) is 28.5. The normalized spacial score (nSPS) is 10.6. The highest BCUT2D eigenvalue weighted by molar-refractivity contribution is 8.03. The monoisotopic (exact) mass is 662 g/mol. The molecule has 39 heavy (non-hydrogen) atoms. The number of nitrogens with zero attached hydrogens (tertiary/aromatic N) is 4. The summed E-state index contributed by atoms with van der Waals surface area (Å²) in [5.41, 5.74) is 0.123. The van der Waals surface area contributed by atoms with Crippen LogP contribution in [0.15, 0.2) is 56.3 Å². The number of benzene rings is 2. The van der Waals surface area contributed by atoms with E-state index < -0.39 is 6.03 Å². The van der Waals surface area contributed by atoms with E-state index in [1.54, 1.807) is 12.1 Å². The SMILES string of the molecule is CNC(=O)Nc1cc(O)c(Sc2nnc(SC)s2)cc1O.CSc1nnc(Sc2cc(O)c(SC)cc2O)s1. The molecule has 0 saturated carbocycles. The quantitative estimate of drug-likeness (QED) is 0.0723. The average Bonchev–Trinajstić information content (AvgIpc) is 3.58. The molecule has 0 aliphatic heterocycles. The summed E-state index contributed by atoms with van der Waals surface area (Å²) in [5.74, 6) is 0.0964. The second-order valence-electron chi connectivity index (χ2n) is 6.81. The first-order valence-corrected chi connectivity index (χ1v) is 17.4. The van der Waals surface area contributed by atoms with Gasteiger partial charge in [0.15, 0.2) is 17.4 Å². The molecule has 0 radical (unpaired) electrons. The molecule has 4 aromatic rings. The van der Waals surface area contributed by atoms with Gasteiger partial charge >= 0.3 is 6.03 Å². The lowest BCUT2D eigenvalue weighted by atomic mass is 10.2. The molecule has 0 aliphatic carbocycles. The Morgan fingerprint density at radius 2 is 1.10 bits per heavy atom. The molecule has 11 nitrogen and oxygen atoms in total. The summed E-state index contributed by atoms with van der Waals surface area (Å²) in [6, 6.07) is 5.26. The van der Waals surface area contributed by atoms with Gasteiger partial charge in [-0.2, -0.15) is 0 Å². The molecule has 18 heteroatoms. The molecule has 0 spiro atoms. The van der Waals surface area contributed by atoms with Gasteiger partial charge in [0.2, 0.25) is 0 Å². The van der Waals surface area contributed by atoms with E-state index in [1.807, 2.05) is 18.8 Å². The van der Waals surface area contributed by atoms with Crippen molar-refractivity contribution >= 4 is 93.2 Å². The summed E-state index contributed by atoms with van der Waals surface area (Å²) >= 11 is 9.74. The molecule has 2 aromatic carbocycles. The van der Waals surface area contributed by atoms with Crippen molar-refractivity contribution < 1.29 is 25.2 Å². The number of urea groups is 1. The van der Waals surface area contributed by atoms with Gasteiger partial charge in [0.25, 0.3) is 0 Å². The average molecular weight is 663 g/mol. The van der Waals surface area contributed by atoms with Crippen LogP contribution in [0.5, 0.6) is 23.0 Å². The second-order valence-corrected chi connectivity index (χ2v) is 14.3. The number of thioether (sulfide) groups is 3. The summed E-state index contributed by atoms with van der Waals surface area (Å²) in [7, 11) is 1.45. The van der Waals surface area contributed by atoms with Gasteiger partial charge in [0, 0.05) is 13.1 Å². The molecule has 0 unspecified atom stereocenters. The predicted octanol–water partition coefficient (Wildman–Crippen LogP) is 6.12. The fourth-order valence-corrected chi connectivity index (χ4v) is 7.92. The van der Waals surface area contributed by atoms with Gasteiger partial charge in [0.05, 0.1) is 20.4 Å². The van der Waals surface area contributed by atoms with E-state index in [-0.39, 0.29) is 28.7 Å². The molecule has 0 saturated heterocycles. The van der Waals surface area contributed by atoms with Crippen LogP contribution in [0.4, 0.5) is 10.5 Å². The van der Waals surface area contributed by atoms with Crippen molar-refractivity contribution in [2.75, 3.05) is 31.1 Å². The van der Waals surface area contributed by atoms with E-state index in [1.165, 1.54) is 101 Å². The Kier molecular flexibility index (Phi) is 12.0. The van der Waals surface area contributed by atoms with Gasteiger partial charge in [-0.15, -0.1) is 32.2 Å². The van der Waals surface area contributed by atoms with E-state index in [0.717, 1.165) is 13.0 Å². The van der Waals surface area contributed by atoms with E-state index in [4.69, 9.17) is 0 Å². The van der Waals surface area contributed by atoms with Crippen LogP contribution in [0.2, 0.25) is 0 Å². The van der Waals surface area contributed by atoms with Crippen molar-refractivity contribution in [2.45, 2.75) is 32.0 Å². The third kappa shape index (κ3) is 8.89. The van der Waals surface area contributed by atoms with Gasteiger partial charge in [-0.1, -0.05) is 69.7 Å². The number of rotatable bonds is 8. The fraction of sp³-hybridized carbons (Fsp3) is 0.190. The van der Waals surface area contributed by atoms with Crippen LogP contribution in [0.25, 0.3) is 0 Å². The number of amides is 2. The zero-order valence-corrected chi connectivity index (χ0v) is 26.4. The van der Waals surface area contributed by atoms with Gasteiger partial charge in [-0.25, -0.2) is 4.79 Å². The molecule has 0 aliphatic rings. The number of hydrogen-bond acceptors (Lipinski definition) is 16. The largest absolute Gasteiger partial charge is 0.507 e. The Hall–Kier alpha value is -2.22. The number of carbonyl (C=O) groups is 1. The number of aromatic nitrogens is 4. The highest BCUT2D eigenvalue weighted by Crippen LogP contribution is 2.43. The summed E-state index contributed by atoms with van der Waals surface area (Å²) in [6.07, 6.45) is 5.68. The van der Waals surface area contributed by atoms with Crippen LogP contribution >= 0.6 is 81.5 Å². The summed E-state index contributed by atoms with van der Waals surface area (Å²) in [4.78, 5) is 12.9. The number of anilines is 1. The van der Waals surface area contributed by atoms with Gasteiger partial charge in [0.1, 0.15) is 23.0 Å². The fourth-order valence-electron chi connectivity index (χ4n) is 2.54. The smallest absolute Gasteiger partial charge is 0.319 e. The number of nitrogens with one attached hydrogen (secondary N) is 2. The third-order valence-corrected chi connectivity index (χ3v) is 11.1. The first kappa shape index (κ1) is 31.3. The second kappa shape index (κ2) is 15.0. The minimum Gasteiger partial charge on any atom is -0.507 e. The van der Waals surface area contributed by atoms with Crippen LogP contribution in [0.1, 0.15) is 0 Å². The van der Waals surface area contributed by atoms with Crippen LogP contribution < -0.4 is 10.6 Å². The molecular weight excluding hydrogens is 641 g/mol. The Morgan fingerprint density at radius 1 is 0.667 bits per heavy atom. The lowest BCUT2D eigenvalue weighted by Crippen LogP contribution is -2.24. The van der Waals surface area contributed by atoms with E-state index >= 15 is 0 Å². The number of aromatic hydroxyl groups is 4. The van der Waals surface area contributed by atoms with Crippen molar-refractivity contribution in [2.24, 2.45) is 0 Å². The third-order valence-electron chi connectivity index (χ3n) is 4.33. The van der Waals surface area contributed by atoms with Crippen LogP contribution in [0.3, 0.4) is 0 Å². The van der Waals surface area contributed by atoms with Crippen molar-refractivity contribution in [3.63, 3.8) is 0 Å². The Labute approximate surface area is 253 Å². The maximum atomic E-state index is 11.2. The maximum absolute atomic E-state index is 11.2. The van der Waals surface area contributed by atoms with Crippen molar-refractivity contribution in [1.82, 2.24) is 25.7 Å². The zero-order valence-electron chi connectivity index (χ0n) is 20.7. The van der Waals surface area contributed by atoms with Crippen LogP contribution in [-0.2, 0) is 0 Å². The van der Waals surface area contributed by atoms with Crippen LogP contribution in [-0.4, -0.2) is 72.7 Å². The van der Waals surface area contributed by atoms with Crippen molar-refractivity contribution in [3.05, 3.63) is 24.3 Å². The molecule has 0 fully saturated rings. The predicted molar refractivity (Wildman–Crippen MR) is 161 cm³/mol. The van der Waals surface area contributed by atoms with Crippen molar-refractivity contribution in [1.29, 1.82) is 0 Å². The molecule has 0 atom stereocenters. The topological polar surface area (TPSA) is 174 Å². The maximum Gasteiger partial charge on any atom is 0.319 e. The number of hydrogen-bond donors (Lipinski definition) is 6. The highest BCUT2D eigenvalue weighted by Gasteiger charge is 2.15. The van der Waals surface area contributed by atoms with Crippen LogP contribution in [0, 0.1) is 0 Å². The minimum absolute atomic E-state index is 0.0647. The number of phenolic OH excluding ortho intramolecular Hbond substituents is 4. The lowest BCUT2D eigenvalue weighted by Gasteiger charge is -2.09. The molecular formula is C21H22N6O5S7. The Balaban J connectivity index is 0.000000218. The first-order valence-electron chi connectivity index (χ1n) is 10.4. The standard InChI is InChI=1S/C11H12N4O3S3.C10H10N2O2S4/c1-12-9(18)13-5-3-7(17)8(4-6(5)16)20-11-15-14-10(19-2)21-11;1-15-7-3-6(14)8(4-5(7)13)17-10-12-11-9(16-2)18-10/h3-4,16-17H,1-2H3,(H2,12,13,18);3-4,13-14H,1-2H3. The van der Waals surface area contributed by atoms with Gasteiger partial charge < -0.3 is 31.1 Å². The molecule has 2 amide bonds.